The first kappa shape index (κ1) is 41.8. The van der Waals surface area contributed by atoms with Crippen LogP contribution in [0.15, 0.2) is 27.3 Å². The summed E-state index contributed by atoms with van der Waals surface area (Å²) in [6.07, 6.45) is -0.314. The maximum Gasteiger partial charge on any atom is 0.412 e. The summed E-state index contributed by atoms with van der Waals surface area (Å²) in [6, 6.07) is 2.71. The molecule has 326 valence electrons. The van der Waals surface area contributed by atoms with Gasteiger partial charge in [0, 0.05) is 56.7 Å². The van der Waals surface area contributed by atoms with E-state index >= 15 is 0 Å². The number of benzene rings is 5. The highest BCUT2D eigenvalue weighted by atomic mass is 16.6. The van der Waals surface area contributed by atoms with E-state index < -0.39 is 91.3 Å². The van der Waals surface area contributed by atoms with Gasteiger partial charge in [0.15, 0.2) is 12.5 Å². The molecule has 3 aliphatic rings. The van der Waals surface area contributed by atoms with Gasteiger partial charge in [0.2, 0.25) is 34.5 Å². The Labute approximate surface area is 354 Å². The molecule has 5 N–H and O–H groups in total. The highest BCUT2D eigenvalue weighted by Gasteiger charge is 2.37. The summed E-state index contributed by atoms with van der Waals surface area (Å²) in [6.45, 7) is 0.275. The summed E-state index contributed by atoms with van der Waals surface area (Å²) in [5, 5.41) is 23.2. The van der Waals surface area contributed by atoms with Gasteiger partial charge in [0.05, 0.1) is 49.4 Å². The van der Waals surface area contributed by atoms with Crippen molar-refractivity contribution >= 4 is 102 Å². The van der Waals surface area contributed by atoms with E-state index in [1.54, 1.807) is 13.0 Å². The summed E-state index contributed by atoms with van der Waals surface area (Å²) in [5.74, 6) is -4.68. The molecule has 5 aromatic rings. The molecular weight excluding hydrogens is 828 g/mol. The van der Waals surface area contributed by atoms with Crippen LogP contribution in [0.25, 0.3) is 49.2 Å². The predicted octanol–water partition coefficient (Wildman–Crippen LogP) is 1.69. The number of amides is 6. The molecule has 21 nitrogen and oxygen atoms in total. The number of phenolic OH excluding ortho intramolecular Hbond substituents is 1. The van der Waals surface area contributed by atoms with E-state index in [0.29, 0.717) is 11.0 Å². The molecule has 1 unspecified atom stereocenters. The zero-order chi connectivity index (χ0) is 45.2. The summed E-state index contributed by atoms with van der Waals surface area (Å²) in [7, 11) is 3.99. The number of nitrogens with one attached hydrogen (secondary N) is 4. The van der Waals surface area contributed by atoms with Crippen molar-refractivity contribution < 1.29 is 62.4 Å². The first-order valence-corrected chi connectivity index (χ1v) is 19.3. The van der Waals surface area contributed by atoms with E-state index in [0.717, 1.165) is 9.80 Å². The van der Waals surface area contributed by atoms with Crippen molar-refractivity contribution in [2.45, 2.75) is 19.8 Å². The minimum atomic E-state index is -1.11. The zero-order valence-electron chi connectivity index (χ0n) is 34.3. The Morgan fingerprint density at radius 3 is 1.81 bits per heavy atom. The minimum absolute atomic E-state index is 0.00999. The number of hydrogen-bond donors (Lipinski definition) is 5. The van der Waals surface area contributed by atoms with E-state index in [1.807, 2.05) is 0 Å². The van der Waals surface area contributed by atoms with Crippen LogP contribution in [-0.4, -0.2) is 124 Å². The number of phenols is 1. The molecule has 2 heterocycles. The molecule has 1 aliphatic carbocycles. The van der Waals surface area contributed by atoms with Crippen molar-refractivity contribution in [2.75, 3.05) is 78.0 Å². The van der Waals surface area contributed by atoms with E-state index in [-0.39, 0.29) is 96.4 Å². The molecule has 0 aromatic heterocycles. The van der Waals surface area contributed by atoms with Gasteiger partial charge in [-0.1, -0.05) is 11.6 Å². The number of hydrogen-bond acceptors (Lipinski definition) is 17. The second kappa shape index (κ2) is 15.8. The van der Waals surface area contributed by atoms with Crippen LogP contribution in [0.2, 0.25) is 0 Å². The lowest BCUT2D eigenvalue weighted by Crippen LogP contribution is -2.53. The third kappa shape index (κ3) is 6.77. The number of aromatic hydroxyl groups is 1. The SMILES string of the molecule is COc1c2c3c4c(c(NCCOC(=O)N5CC(=O)NC(=O)C5)c(=O)c5c(O)cc(OC)c(c6c(OC)cc(NCOC(=O)N7CC(=O)NC(=O)C7)c(c1=O)c63)c54)C=C(C)C2C(C)=O. The van der Waals surface area contributed by atoms with Crippen LogP contribution in [0.3, 0.4) is 0 Å². The van der Waals surface area contributed by atoms with Crippen LogP contribution in [0, 0.1) is 0 Å². The second-order valence-electron chi connectivity index (χ2n) is 15.0. The van der Waals surface area contributed by atoms with Gasteiger partial charge >= 0.3 is 12.2 Å². The smallest absolute Gasteiger partial charge is 0.412 e. The van der Waals surface area contributed by atoms with Crippen molar-refractivity contribution in [1.82, 2.24) is 20.4 Å². The van der Waals surface area contributed by atoms with E-state index in [4.69, 9.17) is 23.7 Å². The molecule has 2 saturated heterocycles. The average molecular weight is 867 g/mol. The Morgan fingerprint density at radius 1 is 0.698 bits per heavy atom. The maximum absolute atomic E-state index is 14.9. The lowest BCUT2D eigenvalue weighted by Gasteiger charge is -2.26. The number of rotatable bonds is 11. The Balaban J connectivity index is 1.36. The number of imide groups is 2. The van der Waals surface area contributed by atoms with Crippen LogP contribution in [0.5, 0.6) is 23.0 Å². The molecule has 6 amide bonds. The fourth-order valence-electron chi connectivity index (χ4n) is 8.80. The Bertz CT molecular complexity index is 3010. The van der Waals surface area contributed by atoms with E-state index in [9.17, 15) is 48.3 Å². The monoisotopic (exact) mass is 866 g/mol. The Morgan fingerprint density at radius 2 is 1.25 bits per heavy atom. The van der Waals surface area contributed by atoms with Crippen LogP contribution in [0.1, 0.15) is 30.9 Å². The molecule has 0 bridgehead atoms. The standard InChI is InChI=1S/C42H38N6O15/c1-16-8-18-28-33-30(38(55)37(18)43-6-7-62-41(57)47-11-23(51)45-24(52)12-47)20(50)10-22(60-4)32(33)31-21(59-3)9-19(44-15-63-42(58)48-13-25(53)46-26(54)14-48)29-35(31)34(28)36(27(16)17(2)49)40(61-5)39(29)56/h8-10,27,43-44,50H,6-7,11-15H2,1-5H3,(H,45,51,52)(H,46,53,54). The first-order chi connectivity index (χ1) is 30.1. The number of piperazine rings is 2. The van der Waals surface area contributed by atoms with Gasteiger partial charge in [0.1, 0.15) is 55.8 Å². The van der Waals surface area contributed by atoms with Crippen molar-refractivity contribution in [2.24, 2.45) is 0 Å². The van der Waals surface area contributed by atoms with Crippen molar-refractivity contribution in [1.29, 1.82) is 0 Å². The second-order valence-corrected chi connectivity index (χ2v) is 15.0. The van der Waals surface area contributed by atoms with Gasteiger partial charge < -0.3 is 39.4 Å². The highest BCUT2D eigenvalue weighted by Crippen LogP contribution is 2.55. The largest absolute Gasteiger partial charge is 0.507 e. The molecule has 0 radical (unpaired) electrons. The molecule has 21 heteroatoms. The fourth-order valence-corrected chi connectivity index (χ4v) is 8.80. The van der Waals surface area contributed by atoms with Gasteiger partial charge in [-0.2, -0.15) is 0 Å². The van der Waals surface area contributed by atoms with Crippen LogP contribution in [0.4, 0.5) is 21.0 Å². The summed E-state index contributed by atoms with van der Waals surface area (Å²) < 4.78 is 28.4. The average Bonchev–Trinajstić information content (AvgIpc) is 3.36. The van der Waals surface area contributed by atoms with Gasteiger partial charge in [-0.05, 0) is 19.2 Å². The Hall–Kier alpha value is -7.97. The third-order valence-corrected chi connectivity index (χ3v) is 11.2. The molecule has 2 fully saturated rings. The minimum Gasteiger partial charge on any atom is -0.507 e. The molecule has 2 aliphatic heterocycles. The summed E-state index contributed by atoms with van der Waals surface area (Å²) in [4.78, 5) is 119. The molecule has 1 atom stereocenters. The lowest BCUT2D eigenvalue weighted by molar-refractivity contribution is -0.136. The number of anilines is 2. The number of carbonyl (C=O) groups is 7. The topological polar surface area (TPSA) is 275 Å². The van der Waals surface area contributed by atoms with Gasteiger partial charge in [0.25, 0.3) is 0 Å². The number of ketones is 1. The number of ether oxygens (including phenoxy) is 5. The number of methoxy groups -OCH3 is 3. The molecule has 8 rings (SSSR count). The Kier molecular flexibility index (Phi) is 10.5. The highest BCUT2D eigenvalue weighted by molar-refractivity contribution is 6.40. The van der Waals surface area contributed by atoms with Gasteiger partial charge in [-0.15, -0.1) is 0 Å². The quantitative estimate of drug-likeness (QED) is 0.0415. The fraction of sp³-hybridized carbons (Fsp3) is 0.310. The normalized spacial score (nSPS) is 16.3. The number of fused-ring (bicyclic) bond motifs is 1. The molecule has 63 heavy (non-hydrogen) atoms. The number of Topliss-reactive ketones (excluding diaryl/α,β-unsaturated/α-hetero) is 1. The molecular formula is C42H38N6O15. The zero-order valence-corrected chi connectivity index (χ0v) is 34.3. The van der Waals surface area contributed by atoms with Crippen LogP contribution in [-0.2, 0) is 33.4 Å². The van der Waals surface area contributed by atoms with E-state index in [1.165, 1.54) is 40.4 Å². The predicted molar refractivity (Wildman–Crippen MR) is 224 cm³/mol. The van der Waals surface area contributed by atoms with Gasteiger partial charge in [-0.3, -0.25) is 54.0 Å². The van der Waals surface area contributed by atoms with Crippen molar-refractivity contribution in [3.63, 3.8) is 0 Å². The third-order valence-electron chi connectivity index (χ3n) is 11.2. The number of nitrogens with zero attached hydrogens (tertiary/aromatic N) is 2. The molecule has 0 spiro atoms. The molecule has 0 saturated carbocycles. The number of carbonyl (C=O) groups excluding carboxylic acids is 7. The number of allylic oxidation sites excluding steroid dienone is 1. The van der Waals surface area contributed by atoms with Crippen molar-refractivity contribution in [3.05, 3.63) is 49.3 Å². The van der Waals surface area contributed by atoms with Crippen LogP contribution >= 0.6 is 0 Å². The molecule has 5 aromatic carbocycles. The van der Waals surface area contributed by atoms with Crippen molar-refractivity contribution in [3.8, 4) is 23.0 Å². The summed E-state index contributed by atoms with van der Waals surface area (Å²) >= 11 is 0. The van der Waals surface area contributed by atoms with E-state index in [2.05, 4.69) is 21.3 Å². The maximum atomic E-state index is 14.9. The van der Waals surface area contributed by atoms with Gasteiger partial charge in [-0.25, -0.2) is 9.59 Å². The summed E-state index contributed by atoms with van der Waals surface area (Å²) in [5.41, 5.74) is -0.512. The van der Waals surface area contributed by atoms with Crippen LogP contribution < -0.4 is 46.3 Å². The first-order valence-electron chi connectivity index (χ1n) is 19.3. The lowest BCUT2D eigenvalue weighted by atomic mass is 9.80.